The molecule has 0 aromatic carbocycles. The van der Waals surface area contributed by atoms with E-state index in [1.807, 2.05) is 0 Å². The van der Waals surface area contributed by atoms with Crippen molar-refractivity contribution in [2.45, 2.75) is 18.1 Å². The molecule has 1 aromatic rings. The molecule has 1 aliphatic rings. The maximum atomic E-state index is 11.7. The molecule has 80 valence electrons. The van der Waals surface area contributed by atoms with Crippen molar-refractivity contribution < 1.29 is 4.79 Å². The van der Waals surface area contributed by atoms with Crippen LogP contribution in [0.3, 0.4) is 0 Å². The van der Waals surface area contributed by atoms with Crippen LogP contribution >= 0.6 is 23.4 Å². The van der Waals surface area contributed by atoms with Gasteiger partial charge in [0.2, 0.25) is 5.91 Å². The third-order valence-electron chi connectivity index (χ3n) is 2.12. The summed E-state index contributed by atoms with van der Waals surface area (Å²) in [7, 11) is 0. The second-order valence-electron chi connectivity index (χ2n) is 3.19. The molecule has 1 saturated heterocycles. The first-order chi connectivity index (χ1) is 7.27. The van der Waals surface area contributed by atoms with Gasteiger partial charge in [0, 0.05) is 12.4 Å². The second kappa shape index (κ2) is 4.81. The Balaban J connectivity index is 2.02. The fourth-order valence-corrected chi connectivity index (χ4v) is 2.70. The van der Waals surface area contributed by atoms with E-state index in [0.717, 1.165) is 18.6 Å². The predicted molar refractivity (Wildman–Crippen MR) is 61.2 cm³/mol. The predicted octanol–water partition coefficient (Wildman–Crippen LogP) is 1.96. The minimum atomic E-state index is -0.0279. The highest BCUT2D eigenvalue weighted by Gasteiger charge is 2.24. The van der Waals surface area contributed by atoms with Gasteiger partial charge in [-0.2, -0.15) is 0 Å². The Hall–Kier alpha value is -0.810. The maximum Gasteiger partial charge on any atom is 0.238 e. The highest BCUT2D eigenvalue weighted by Crippen LogP contribution is 2.27. The van der Waals surface area contributed by atoms with Crippen LogP contribution in [0.5, 0.6) is 0 Å². The molecule has 2 heterocycles. The van der Waals surface area contributed by atoms with E-state index in [2.05, 4.69) is 15.3 Å². The van der Waals surface area contributed by atoms with Gasteiger partial charge in [-0.1, -0.05) is 11.6 Å². The summed E-state index contributed by atoms with van der Waals surface area (Å²) in [5.41, 5.74) is 0. The maximum absolute atomic E-state index is 11.7. The summed E-state index contributed by atoms with van der Waals surface area (Å²) < 4.78 is 0. The lowest BCUT2D eigenvalue weighted by Crippen LogP contribution is -2.23. The Morgan fingerprint density at radius 1 is 1.53 bits per heavy atom. The zero-order valence-electron chi connectivity index (χ0n) is 7.94. The quantitative estimate of drug-likeness (QED) is 0.863. The van der Waals surface area contributed by atoms with E-state index in [1.54, 1.807) is 11.8 Å². The third kappa shape index (κ3) is 2.60. The summed E-state index contributed by atoms with van der Waals surface area (Å²) >= 11 is 7.45. The molecule has 1 N–H and O–H groups in total. The van der Waals surface area contributed by atoms with E-state index in [0.29, 0.717) is 5.82 Å². The molecule has 15 heavy (non-hydrogen) atoms. The monoisotopic (exact) mass is 243 g/mol. The number of halogens is 1. The number of hydrogen-bond acceptors (Lipinski definition) is 4. The lowest BCUT2D eigenvalue weighted by atomic mass is 10.2. The number of aromatic nitrogens is 2. The molecular formula is C9H10ClN3OS. The van der Waals surface area contributed by atoms with Gasteiger partial charge >= 0.3 is 0 Å². The summed E-state index contributed by atoms with van der Waals surface area (Å²) in [6.07, 6.45) is 5.01. The summed E-state index contributed by atoms with van der Waals surface area (Å²) in [5.74, 6) is 1.36. The van der Waals surface area contributed by atoms with Crippen molar-refractivity contribution in [2.75, 3.05) is 11.1 Å². The topological polar surface area (TPSA) is 54.9 Å². The molecule has 1 unspecified atom stereocenters. The fourth-order valence-electron chi connectivity index (χ4n) is 1.39. The number of thioether (sulfide) groups is 1. The number of amides is 1. The van der Waals surface area contributed by atoms with Crippen LogP contribution in [0.1, 0.15) is 12.8 Å². The Labute approximate surface area is 96.8 Å². The summed E-state index contributed by atoms with van der Waals surface area (Å²) in [5, 5.41) is 2.95. The van der Waals surface area contributed by atoms with Gasteiger partial charge in [-0.3, -0.25) is 4.79 Å². The zero-order chi connectivity index (χ0) is 10.7. The van der Waals surface area contributed by atoms with Gasteiger partial charge in [0.15, 0.2) is 11.0 Å². The van der Waals surface area contributed by atoms with Crippen LogP contribution in [0.4, 0.5) is 5.82 Å². The van der Waals surface area contributed by atoms with E-state index in [1.165, 1.54) is 12.4 Å². The number of nitrogens with zero attached hydrogens (tertiary/aromatic N) is 2. The van der Waals surface area contributed by atoms with Crippen LogP contribution in [0.25, 0.3) is 0 Å². The van der Waals surface area contributed by atoms with E-state index < -0.39 is 0 Å². The SMILES string of the molecule is O=C(Nc1nccnc1Cl)C1CCCS1. The van der Waals surface area contributed by atoms with Crippen molar-refractivity contribution in [1.82, 2.24) is 9.97 Å². The van der Waals surface area contributed by atoms with Crippen LogP contribution in [0.2, 0.25) is 5.15 Å². The first-order valence-electron chi connectivity index (χ1n) is 4.66. The number of nitrogens with one attached hydrogen (secondary N) is 1. The minimum Gasteiger partial charge on any atom is -0.307 e. The van der Waals surface area contributed by atoms with E-state index in [9.17, 15) is 4.79 Å². The average molecular weight is 244 g/mol. The Morgan fingerprint density at radius 2 is 2.33 bits per heavy atom. The molecule has 0 aliphatic carbocycles. The zero-order valence-corrected chi connectivity index (χ0v) is 9.51. The molecule has 0 saturated carbocycles. The Kier molecular flexibility index (Phi) is 3.43. The van der Waals surface area contributed by atoms with Gasteiger partial charge in [0.25, 0.3) is 0 Å². The van der Waals surface area contributed by atoms with Crippen molar-refractivity contribution in [3.8, 4) is 0 Å². The van der Waals surface area contributed by atoms with Crippen LogP contribution in [0.15, 0.2) is 12.4 Å². The molecule has 4 nitrogen and oxygen atoms in total. The highest BCUT2D eigenvalue weighted by atomic mass is 35.5. The lowest BCUT2D eigenvalue weighted by molar-refractivity contribution is -0.115. The van der Waals surface area contributed by atoms with Gasteiger partial charge in [0.1, 0.15) is 0 Å². The van der Waals surface area contributed by atoms with Crippen molar-refractivity contribution >= 4 is 35.1 Å². The number of anilines is 1. The van der Waals surface area contributed by atoms with Crippen molar-refractivity contribution in [2.24, 2.45) is 0 Å². The molecule has 1 atom stereocenters. The standard InChI is InChI=1S/C9H10ClN3OS/c10-7-8(12-4-3-11-7)13-9(14)6-2-1-5-15-6/h3-4,6H,1-2,5H2,(H,12,13,14). The summed E-state index contributed by atoms with van der Waals surface area (Å²) in [4.78, 5) is 19.5. The number of carbonyl (C=O) groups excluding carboxylic acids is 1. The normalized spacial score (nSPS) is 20.2. The molecule has 6 heteroatoms. The average Bonchev–Trinajstić information content (AvgIpc) is 2.74. The van der Waals surface area contributed by atoms with Gasteiger partial charge < -0.3 is 5.32 Å². The molecule has 1 amide bonds. The molecule has 0 bridgehead atoms. The van der Waals surface area contributed by atoms with Crippen molar-refractivity contribution in [3.63, 3.8) is 0 Å². The number of hydrogen-bond donors (Lipinski definition) is 1. The van der Waals surface area contributed by atoms with Crippen LogP contribution in [-0.4, -0.2) is 26.9 Å². The molecule has 1 aliphatic heterocycles. The fraction of sp³-hybridized carbons (Fsp3) is 0.444. The van der Waals surface area contributed by atoms with Gasteiger partial charge in [-0.25, -0.2) is 9.97 Å². The molecular weight excluding hydrogens is 234 g/mol. The Bertz CT molecular complexity index is 368. The highest BCUT2D eigenvalue weighted by molar-refractivity contribution is 8.00. The molecule has 0 spiro atoms. The number of rotatable bonds is 2. The second-order valence-corrected chi connectivity index (χ2v) is 4.86. The van der Waals surface area contributed by atoms with Crippen LogP contribution in [0, 0.1) is 0 Å². The largest absolute Gasteiger partial charge is 0.307 e. The first kappa shape index (κ1) is 10.7. The number of carbonyl (C=O) groups is 1. The van der Waals surface area contributed by atoms with Crippen LogP contribution < -0.4 is 5.32 Å². The van der Waals surface area contributed by atoms with Crippen molar-refractivity contribution in [3.05, 3.63) is 17.5 Å². The molecule has 0 radical (unpaired) electrons. The van der Waals surface area contributed by atoms with Crippen LogP contribution in [-0.2, 0) is 4.79 Å². The van der Waals surface area contributed by atoms with Gasteiger partial charge in [-0.15, -0.1) is 11.8 Å². The minimum absolute atomic E-state index is 0.0279. The van der Waals surface area contributed by atoms with Gasteiger partial charge in [0.05, 0.1) is 5.25 Å². The third-order valence-corrected chi connectivity index (χ3v) is 3.77. The van der Waals surface area contributed by atoms with E-state index >= 15 is 0 Å². The first-order valence-corrected chi connectivity index (χ1v) is 6.09. The summed E-state index contributed by atoms with van der Waals surface area (Å²) in [6.45, 7) is 0. The lowest BCUT2D eigenvalue weighted by Gasteiger charge is -2.09. The van der Waals surface area contributed by atoms with E-state index in [-0.39, 0.29) is 16.3 Å². The molecule has 1 fully saturated rings. The van der Waals surface area contributed by atoms with Gasteiger partial charge in [-0.05, 0) is 18.6 Å². The smallest absolute Gasteiger partial charge is 0.238 e. The Morgan fingerprint density at radius 3 is 3.00 bits per heavy atom. The van der Waals surface area contributed by atoms with Crippen molar-refractivity contribution in [1.29, 1.82) is 0 Å². The molecule has 1 aromatic heterocycles. The van der Waals surface area contributed by atoms with E-state index in [4.69, 9.17) is 11.6 Å². The summed E-state index contributed by atoms with van der Waals surface area (Å²) in [6, 6.07) is 0. The molecule has 2 rings (SSSR count).